The maximum Gasteiger partial charge on any atom is 0.308 e. The van der Waals surface area contributed by atoms with Gasteiger partial charge >= 0.3 is 5.97 Å². The van der Waals surface area contributed by atoms with Crippen LogP contribution in [0.25, 0.3) is 0 Å². The highest BCUT2D eigenvalue weighted by atomic mass is 16.5. The second-order valence-electron chi connectivity index (χ2n) is 5.84. The standard InChI is InChI=1S/C18H27NO4/c1-4-5-9-23-14(3)17(20)19-12-16(18(21)22)11-15-8-6-7-13(2)10-15/h6-8,10,14,16H,4-5,9,11-12H2,1-3H3,(H,19,20)(H,21,22). The average molecular weight is 321 g/mol. The molecule has 2 unspecified atom stereocenters. The van der Waals surface area contributed by atoms with E-state index >= 15 is 0 Å². The first-order valence-electron chi connectivity index (χ1n) is 8.11. The summed E-state index contributed by atoms with van der Waals surface area (Å²) in [7, 11) is 0. The summed E-state index contributed by atoms with van der Waals surface area (Å²) < 4.78 is 5.41. The number of nitrogens with one attached hydrogen (secondary N) is 1. The Bertz CT molecular complexity index is 515. The van der Waals surface area contributed by atoms with Crippen molar-refractivity contribution in [2.75, 3.05) is 13.2 Å². The van der Waals surface area contributed by atoms with Gasteiger partial charge in [0.2, 0.25) is 5.91 Å². The van der Waals surface area contributed by atoms with Crippen LogP contribution in [0.5, 0.6) is 0 Å². The molecule has 0 aliphatic rings. The Balaban J connectivity index is 2.50. The molecule has 5 heteroatoms. The van der Waals surface area contributed by atoms with Crippen LogP contribution in [0, 0.1) is 12.8 Å². The van der Waals surface area contributed by atoms with Gasteiger partial charge in [-0.1, -0.05) is 43.2 Å². The number of benzene rings is 1. The predicted octanol–water partition coefficient (Wildman–Crippen LogP) is 2.56. The molecule has 1 rings (SSSR count). The Hall–Kier alpha value is -1.88. The number of aryl methyl sites for hydroxylation is 1. The van der Waals surface area contributed by atoms with Gasteiger partial charge in [-0.2, -0.15) is 0 Å². The number of carbonyl (C=O) groups is 2. The number of carboxylic acid groups (broad SMARTS) is 1. The lowest BCUT2D eigenvalue weighted by Gasteiger charge is -2.17. The van der Waals surface area contributed by atoms with Crippen molar-refractivity contribution in [3.05, 3.63) is 35.4 Å². The lowest BCUT2D eigenvalue weighted by Crippen LogP contribution is -2.39. The molecule has 0 aliphatic carbocycles. The Morgan fingerprint density at radius 2 is 2.09 bits per heavy atom. The summed E-state index contributed by atoms with van der Waals surface area (Å²) in [4.78, 5) is 23.3. The number of aliphatic carboxylic acids is 1. The third-order valence-electron chi connectivity index (χ3n) is 3.67. The van der Waals surface area contributed by atoms with Gasteiger partial charge in [0.15, 0.2) is 0 Å². The summed E-state index contributed by atoms with van der Waals surface area (Å²) in [5.41, 5.74) is 2.05. The van der Waals surface area contributed by atoms with Crippen LogP contribution in [-0.2, 0) is 20.7 Å². The number of unbranched alkanes of at least 4 members (excludes halogenated alkanes) is 1. The van der Waals surface area contributed by atoms with E-state index in [-0.39, 0.29) is 12.5 Å². The van der Waals surface area contributed by atoms with Crippen molar-refractivity contribution < 1.29 is 19.4 Å². The molecule has 0 aromatic heterocycles. The number of amides is 1. The molecule has 0 spiro atoms. The van der Waals surface area contributed by atoms with Crippen molar-refractivity contribution in [2.45, 2.75) is 46.1 Å². The van der Waals surface area contributed by atoms with Gasteiger partial charge in [-0.3, -0.25) is 9.59 Å². The fourth-order valence-electron chi connectivity index (χ4n) is 2.22. The highest BCUT2D eigenvalue weighted by molar-refractivity contribution is 5.81. The Kier molecular flexibility index (Phi) is 8.33. The molecule has 0 saturated carbocycles. The van der Waals surface area contributed by atoms with Crippen molar-refractivity contribution in [2.24, 2.45) is 5.92 Å². The Morgan fingerprint density at radius 1 is 1.35 bits per heavy atom. The van der Waals surface area contributed by atoms with Gasteiger partial charge in [-0.15, -0.1) is 0 Å². The minimum absolute atomic E-state index is 0.101. The van der Waals surface area contributed by atoms with E-state index in [0.29, 0.717) is 13.0 Å². The number of carbonyl (C=O) groups excluding carboxylic acids is 1. The normalized spacial score (nSPS) is 13.3. The Labute approximate surface area is 138 Å². The van der Waals surface area contributed by atoms with Gasteiger partial charge < -0.3 is 15.2 Å². The number of hydrogen-bond acceptors (Lipinski definition) is 3. The number of ether oxygens (including phenoxy) is 1. The van der Waals surface area contributed by atoms with Gasteiger partial charge in [0.1, 0.15) is 6.10 Å². The van der Waals surface area contributed by atoms with Gasteiger partial charge in [0.05, 0.1) is 5.92 Å². The fourth-order valence-corrected chi connectivity index (χ4v) is 2.22. The molecular weight excluding hydrogens is 294 g/mol. The summed E-state index contributed by atoms with van der Waals surface area (Å²) in [6.45, 7) is 6.34. The zero-order valence-corrected chi connectivity index (χ0v) is 14.2. The fraction of sp³-hybridized carbons (Fsp3) is 0.556. The highest BCUT2D eigenvalue weighted by Crippen LogP contribution is 2.11. The number of rotatable bonds is 10. The van der Waals surface area contributed by atoms with Gasteiger partial charge in [0.25, 0.3) is 0 Å². The van der Waals surface area contributed by atoms with Crippen LogP contribution >= 0.6 is 0 Å². The molecule has 0 heterocycles. The van der Waals surface area contributed by atoms with E-state index in [0.717, 1.165) is 24.0 Å². The second kappa shape index (κ2) is 10.0. The van der Waals surface area contributed by atoms with Crippen LogP contribution < -0.4 is 5.32 Å². The smallest absolute Gasteiger partial charge is 0.308 e. The van der Waals surface area contributed by atoms with E-state index in [2.05, 4.69) is 12.2 Å². The van der Waals surface area contributed by atoms with E-state index in [4.69, 9.17) is 4.74 Å². The van der Waals surface area contributed by atoms with Gasteiger partial charge in [-0.05, 0) is 32.3 Å². The highest BCUT2D eigenvalue weighted by Gasteiger charge is 2.21. The zero-order chi connectivity index (χ0) is 17.2. The van der Waals surface area contributed by atoms with Crippen molar-refractivity contribution in [3.8, 4) is 0 Å². The first-order valence-corrected chi connectivity index (χ1v) is 8.11. The van der Waals surface area contributed by atoms with E-state index in [1.54, 1.807) is 6.92 Å². The monoisotopic (exact) mass is 321 g/mol. The summed E-state index contributed by atoms with van der Waals surface area (Å²) in [6, 6.07) is 7.75. The summed E-state index contributed by atoms with van der Waals surface area (Å²) in [5.74, 6) is -1.83. The minimum atomic E-state index is -0.911. The molecule has 0 fully saturated rings. The zero-order valence-electron chi connectivity index (χ0n) is 14.2. The molecule has 23 heavy (non-hydrogen) atoms. The molecule has 0 bridgehead atoms. The molecule has 2 N–H and O–H groups in total. The number of carboxylic acids is 1. The van der Waals surface area contributed by atoms with Crippen molar-refractivity contribution in [3.63, 3.8) is 0 Å². The van der Waals surface area contributed by atoms with E-state index in [1.807, 2.05) is 31.2 Å². The lowest BCUT2D eigenvalue weighted by molar-refractivity contribution is -0.142. The molecule has 2 atom stereocenters. The molecule has 0 saturated heterocycles. The molecule has 1 amide bonds. The number of hydrogen-bond donors (Lipinski definition) is 2. The molecule has 0 aliphatic heterocycles. The summed E-state index contributed by atoms with van der Waals surface area (Å²) in [5, 5.41) is 12.0. The van der Waals surface area contributed by atoms with E-state index < -0.39 is 18.0 Å². The van der Waals surface area contributed by atoms with E-state index in [9.17, 15) is 14.7 Å². The van der Waals surface area contributed by atoms with Crippen LogP contribution in [-0.4, -0.2) is 36.2 Å². The topological polar surface area (TPSA) is 75.6 Å². The van der Waals surface area contributed by atoms with Crippen molar-refractivity contribution in [1.82, 2.24) is 5.32 Å². The van der Waals surface area contributed by atoms with Crippen LogP contribution in [0.1, 0.15) is 37.8 Å². The molecule has 0 radical (unpaired) electrons. The maximum absolute atomic E-state index is 11.9. The van der Waals surface area contributed by atoms with Gasteiger partial charge in [-0.25, -0.2) is 0 Å². The largest absolute Gasteiger partial charge is 0.481 e. The lowest BCUT2D eigenvalue weighted by atomic mass is 9.98. The first-order chi connectivity index (χ1) is 10.9. The maximum atomic E-state index is 11.9. The average Bonchev–Trinajstić information content (AvgIpc) is 2.51. The third-order valence-corrected chi connectivity index (χ3v) is 3.67. The van der Waals surface area contributed by atoms with Crippen molar-refractivity contribution >= 4 is 11.9 Å². The molecule has 1 aromatic rings. The van der Waals surface area contributed by atoms with Crippen molar-refractivity contribution in [1.29, 1.82) is 0 Å². The van der Waals surface area contributed by atoms with Crippen LogP contribution in [0.15, 0.2) is 24.3 Å². The molecule has 1 aromatic carbocycles. The van der Waals surface area contributed by atoms with Crippen LogP contribution in [0.3, 0.4) is 0 Å². The predicted molar refractivity (Wildman–Crippen MR) is 89.3 cm³/mol. The molecular formula is C18H27NO4. The van der Waals surface area contributed by atoms with Gasteiger partial charge in [0, 0.05) is 13.2 Å². The second-order valence-corrected chi connectivity index (χ2v) is 5.84. The SMILES string of the molecule is CCCCOC(C)C(=O)NCC(Cc1cccc(C)c1)C(=O)O. The Morgan fingerprint density at radius 3 is 2.70 bits per heavy atom. The minimum Gasteiger partial charge on any atom is -0.481 e. The summed E-state index contributed by atoms with van der Waals surface area (Å²) in [6.07, 6.45) is 1.74. The quantitative estimate of drug-likeness (QED) is 0.649. The van der Waals surface area contributed by atoms with Crippen LogP contribution in [0.4, 0.5) is 0 Å². The van der Waals surface area contributed by atoms with E-state index in [1.165, 1.54) is 0 Å². The third kappa shape index (κ3) is 7.28. The van der Waals surface area contributed by atoms with Crippen LogP contribution in [0.2, 0.25) is 0 Å². The molecule has 128 valence electrons. The molecule has 5 nitrogen and oxygen atoms in total. The first kappa shape index (κ1) is 19.2. The summed E-state index contributed by atoms with van der Waals surface area (Å²) >= 11 is 0.